The zero-order valence-corrected chi connectivity index (χ0v) is 36.0. The molecule has 3 saturated carbocycles. The van der Waals surface area contributed by atoms with Crippen LogP contribution in [0.1, 0.15) is 64.7 Å². The quantitative estimate of drug-likeness (QED) is 0.0640. The average molecular weight is 941 g/mol. The van der Waals surface area contributed by atoms with E-state index >= 15 is 0 Å². The van der Waals surface area contributed by atoms with Crippen LogP contribution < -0.4 is 0 Å². The van der Waals surface area contributed by atoms with Crippen LogP contribution in [-0.4, -0.2) is 238 Å². The van der Waals surface area contributed by atoms with E-state index in [1.165, 1.54) is 13.0 Å². The lowest BCUT2D eigenvalue weighted by atomic mass is 9.72. The Hall–Kier alpha value is -1.63. The molecule has 7 rings (SSSR count). The summed E-state index contributed by atoms with van der Waals surface area (Å²) in [5.41, 5.74) is 0. The molecule has 0 spiro atoms. The Morgan fingerprint density at radius 2 is 1.17 bits per heavy atom. The second-order valence-electron chi connectivity index (χ2n) is 18.9. The maximum absolute atomic E-state index is 12.6. The Bertz CT molecular complexity index is 1540. The molecule has 7 fully saturated rings. The maximum Gasteiger partial charge on any atom is 0.330 e. The minimum Gasteiger partial charge on any atom is -0.454 e. The van der Waals surface area contributed by atoms with Crippen molar-refractivity contribution in [2.24, 2.45) is 17.8 Å². The molecule has 0 aromatic carbocycles. The predicted octanol–water partition coefficient (Wildman–Crippen LogP) is -5.71. The van der Waals surface area contributed by atoms with E-state index in [4.69, 9.17) is 37.9 Å². The summed E-state index contributed by atoms with van der Waals surface area (Å²) in [6.07, 6.45) is -27.9. The number of allylic oxidation sites excluding steroid dienone is 1. The fourth-order valence-electron chi connectivity index (χ4n) is 10.5. The van der Waals surface area contributed by atoms with Gasteiger partial charge in [-0.3, -0.25) is 0 Å². The van der Waals surface area contributed by atoms with Gasteiger partial charge in [-0.1, -0.05) is 6.08 Å². The lowest BCUT2D eigenvalue weighted by Crippen LogP contribution is -2.64. The number of esters is 1. The molecule has 4 saturated heterocycles. The number of carbonyl (C=O) groups is 1. The normalized spacial score (nSPS) is 52.2. The zero-order chi connectivity index (χ0) is 47.0. The Morgan fingerprint density at radius 1 is 0.585 bits per heavy atom. The molecule has 0 amide bonds. The monoisotopic (exact) mass is 940 g/mol. The number of carbonyl (C=O) groups excluding carboxylic acids is 1. The van der Waals surface area contributed by atoms with Crippen molar-refractivity contribution >= 4 is 5.97 Å². The molecule has 0 radical (unpaired) electrons. The van der Waals surface area contributed by atoms with Gasteiger partial charge in [0.15, 0.2) is 25.0 Å². The van der Waals surface area contributed by atoms with Crippen LogP contribution in [0.2, 0.25) is 0 Å². The third-order valence-electron chi connectivity index (χ3n) is 14.3. The fourth-order valence-corrected chi connectivity index (χ4v) is 10.5. The zero-order valence-electron chi connectivity index (χ0n) is 36.0. The van der Waals surface area contributed by atoms with E-state index in [1.807, 2.05) is 0 Å². The van der Waals surface area contributed by atoms with Crippen LogP contribution in [0.3, 0.4) is 0 Å². The summed E-state index contributed by atoms with van der Waals surface area (Å²) in [5, 5.41) is 149. The van der Waals surface area contributed by atoms with Gasteiger partial charge >= 0.3 is 5.97 Å². The lowest BCUT2D eigenvalue weighted by molar-refractivity contribution is -0.352. The number of ether oxygens (including phenoxy) is 8. The highest BCUT2D eigenvalue weighted by Crippen LogP contribution is 2.45. The molecule has 374 valence electrons. The summed E-state index contributed by atoms with van der Waals surface area (Å²) < 4.78 is 47.6. The summed E-state index contributed by atoms with van der Waals surface area (Å²) in [6, 6.07) is 0. The van der Waals surface area contributed by atoms with E-state index < -0.39 is 172 Å². The Morgan fingerprint density at radius 3 is 1.80 bits per heavy atom. The van der Waals surface area contributed by atoms with E-state index in [1.54, 1.807) is 6.08 Å². The minimum absolute atomic E-state index is 0.00587. The molecule has 4 heterocycles. The molecular weight excluding hydrogens is 872 g/mol. The molecule has 23 nitrogen and oxygen atoms in total. The molecule has 0 aromatic heterocycles. The summed E-state index contributed by atoms with van der Waals surface area (Å²) in [7, 11) is 0. The van der Waals surface area contributed by atoms with Crippen molar-refractivity contribution in [2.45, 2.75) is 212 Å². The SMILES string of the molecule is CC1OC(OCC2OC(OC3CC4C(OC5OC(CO)C(O)C(O)C5O)CC(O)CC4OC3C3CC(O)C(O)C(O)C3)C(O)C(O)C2O)C(O)C(O)C1OC(=O)C=CC1CCC(O)CC1. The lowest BCUT2D eigenvalue weighted by Gasteiger charge is -2.53. The van der Waals surface area contributed by atoms with Gasteiger partial charge in [-0.15, -0.1) is 0 Å². The van der Waals surface area contributed by atoms with Gasteiger partial charge in [-0.2, -0.15) is 0 Å². The molecule has 4 aliphatic heterocycles. The topological polar surface area (TPSA) is 374 Å². The van der Waals surface area contributed by atoms with Crippen molar-refractivity contribution in [1.82, 2.24) is 0 Å². The Labute approximate surface area is 374 Å². The largest absolute Gasteiger partial charge is 0.454 e. The molecule has 23 heteroatoms. The van der Waals surface area contributed by atoms with Gasteiger partial charge in [-0.25, -0.2) is 4.79 Å². The highest BCUT2D eigenvalue weighted by Gasteiger charge is 2.55. The second-order valence-corrected chi connectivity index (χ2v) is 18.9. The van der Waals surface area contributed by atoms with Crippen molar-refractivity contribution in [3.05, 3.63) is 12.2 Å². The number of rotatable bonds is 12. The summed E-state index contributed by atoms with van der Waals surface area (Å²) in [4.78, 5) is 12.6. The third-order valence-corrected chi connectivity index (χ3v) is 14.3. The van der Waals surface area contributed by atoms with E-state index in [0.29, 0.717) is 25.7 Å². The number of aliphatic hydroxyl groups excluding tert-OH is 14. The molecule has 0 bridgehead atoms. The van der Waals surface area contributed by atoms with Crippen molar-refractivity contribution in [2.75, 3.05) is 13.2 Å². The summed E-state index contributed by atoms with van der Waals surface area (Å²) >= 11 is 0. The van der Waals surface area contributed by atoms with Crippen LogP contribution in [0, 0.1) is 17.8 Å². The van der Waals surface area contributed by atoms with Gasteiger partial charge < -0.3 is 109 Å². The first-order chi connectivity index (χ1) is 30.8. The second kappa shape index (κ2) is 22.0. The molecule has 7 aliphatic rings. The first-order valence-electron chi connectivity index (χ1n) is 22.7. The number of aliphatic hydroxyl groups is 14. The van der Waals surface area contributed by atoms with Crippen LogP contribution in [-0.2, 0) is 42.7 Å². The summed E-state index contributed by atoms with van der Waals surface area (Å²) in [6.45, 7) is 0.168. The first-order valence-corrected chi connectivity index (χ1v) is 22.7. The van der Waals surface area contributed by atoms with Gasteiger partial charge in [0.2, 0.25) is 0 Å². The van der Waals surface area contributed by atoms with Crippen molar-refractivity contribution < 1.29 is 114 Å². The van der Waals surface area contributed by atoms with Gasteiger partial charge in [0, 0.05) is 18.4 Å². The fraction of sp³-hybridized carbons (Fsp3) is 0.929. The smallest absolute Gasteiger partial charge is 0.330 e. The van der Waals surface area contributed by atoms with Crippen molar-refractivity contribution in [1.29, 1.82) is 0 Å². The standard InChI is InChI=1S/C42H68O23/c1-15-38(65-28(48)7-4-16-2-5-18(44)6-3-16)34(54)37(57)40(59-15)58-14-27-31(51)33(53)36(56)42(64-27)62-25-12-20-23(60-39(25)17-8-21(46)29(49)22(47)9-17)10-19(45)11-24(20)61-41-35(55)32(52)30(50)26(13-43)63-41/h4,7,15-27,29-47,49-57H,2-3,5-6,8-14H2,1H3. The summed E-state index contributed by atoms with van der Waals surface area (Å²) in [5.74, 6) is -2.05. The highest BCUT2D eigenvalue weighted by molar-refractivity contribution is 5.82. The Balaban J connectivity index is 1.02. The molecule has 23 unspecified atom stereocenters. The maximum atomic E-state index is 12.6. The van der Waals surface area contributed by atoms with E-state index in [0.717, 1.165) is 0 Å². The van der Waals surface area contributed by atoms with Gasteiger partial charge in [0.25, 0.3) is 0 Å². The Kier molecular flexibility index (Phi) is 17.3. The number of hydrogen-bond donors (Lipinski definition) is 14. The van der Waals surface area contributed by atoms with Crippen LogP contribution in [0.5, 0.6) is 0 Å². The first kappa shape index (κ1) is 51.2. The van der Waals surface area contributed by atoms with Crippen LogP contribution in [0.15, 0.2) is 12.2 Å². The molecule has 0 aromatic rings. The highest BCUT2D eigenvalue weighted by atomic mass is 16.7. The average Bonchev–Trinajstić information content (AvgIpc) is 3.27. The van der Waals surface area contributed by atoms with Crippen molar-refractivity contribution in [3.63, 3.8) is 0 Å². The number of fused-ring (bicyclic) bond motifs is 1. The van der Waals surface area contributed by atoms with Crippen LogP contribution in [0.25, 0.3) is 0 Å². The van der Waals surface area contributed by atoms with E-state index in [-0.39, 0.29) is 44.1 Å². The molecular formula is C42H68O23. The van der Waals surface area contributed by atoms with Crippen LogP contribution in [0.4, 0.5) is 0 Å². The molecule has 14 N–H and O–H groups in total. The third kappa shape index (κ3) is 11.5. The predicted molar refractivity (Wildman–Crippen MR) is 212 cm³/mol. The molecule has 65 heavy (non-hydrogen) atoms. The van der Waals surface area contributed by atoms with E-state index in [2.05, 4.69) is 0 Å². The van der Waals surface area contributed by atoms with Crippen molar-refractivity contribution in [3.8, 4) is 0 Å². The minimum atomic E-state index is -1.89. The van der Waals surface area contributed by atoms with E-state index in [9.17, 15) is 76.3 Å². The van der Waals surface area contributed by atoms with Crippen LogP contribution >= 0.6 is 0 Å². The van der Waals surface area contributed by atoms with Gasteiger partial charge in [0.05, 0.1) is 68.1 Å². The number of hydrogen-bond acceptors (Lipinski definition) is 23. The molecule has 23 atom stereocenters. The van der Waals surface area contributed by atoms with Gasteiger partial charge in [-0.05, 0) is 70.1 Å². The molecule has 3 aliphatic carbocycles. The van der Waals surface area contributed by atoms with Gasteiger partial charge in [0.1, 0.15) is 67.1 Å².